The number of carbonyl (C=O) groups excluding carboxylic acids is 1. The highest BCUT2D eigenvalue weighted by Crippen LogP contribution is 2.28. The van der Waals surface area contributed by atoms with Crippen LogP contribution in [0, 0.1) is 0 Å². The number of benzene rings is 1. The van der Waals surface area contributed by atoms with E-state index < -0.39 is 5.60 Å². The number of hydrogen-bond acceptors (Lipinski definition) is 3. The zero-order valence-electron chi connectivity index (χ0n) is 10.0. The van der Waals surface area contributed by atoms with Gasteiger partial charge in [-0.15, -0.1) is 0 Å². The van der Waals surface area contributed by atoms with Gasteiger partial charge in [0.1, 0.15) is 5.60 Å². The Kier molecular flexibility index (Phi) is 4.50. The molecule has 0 radical (unpaired) electrons. The molecule has 0 N–H and O–H groups in total. The quantitative estimate of drug-likeness (QED) is 0.567. The van der Waals surface area contributed by atoms with Crippen LogP contribution in [0.3, 0.4) is 0 Å². The Hall–Kier alpha value is -1.35. The summed E-state index contributed by atoms with van der Waals surface area (Å²) in [5.74, 6) is -0.351. The van der Waals surface area contributed by atoms with Crippen molar-refractivity contribution in [1.29, 1.82) is 0 Å². The smallest absolute Gasteiger partial charge is 0.297 e. The lowest BCUT2D eigenvalue weighted by molar-refractivity contribution is -0.334. The number of carbonyl (C=O) groups is 1. The average molecular weight is 222 g/mol. The summed E-state index contributed by atoms with van der Waals surface area (Å²) < 4.78 is 0. The molecule has 0 spiro atoms. The van der Waals surface area contributed by atoms with E-state index in [1.165, 1.54) is 0 Å². The summed E-state index contributed by atoms with van der Waals surface area (Å²) in [5, 5.41) is 0. The molecule has 3 heteroatoms. The topological polar surface area (TPSA) is 35.5 Å². The molecule has 16 heavy (non-hydrogen) atoms. The SMILES string of the molecule is CCC(=O)OOC(C)(CC)c1ccccc1. The molecule has 0 aliphatic carbocycles. The molecule has 1 aromatic rings. The second kappa shape index (κ2) is 5.66. The summed E-state index contributed by atoms with van der Waals surface area (Å²) in [6, 6.07) is 9.74. The van der Waals surface area contributed by atoms with E-state index in [0.29, 0.717) is 6.42 Å². The Morgan fingerprint density at radius 2 is 1.88 bits per heavy atom. The Labute approximate surface area is 96.3 Å². The summed E-state index contributed by atoms with van der Waals surface area (Å²) in [7, 11) is 0. The summed E-state index contributed by atoms with van der Waals surface area (Å²) in [4.78, 5) is 21.1. The molecular weight excluding hydrogens is 204 g/mol. The largest absolute Gasteiger partial charge is 0.342 e. The Bertz CT molecular complexity index is 334. The van der Waals surface area contributed by atoms with Gasteiger partial charge in [0.2, 0.25) is 0 Å². The molecule has 1 rings (SSSR count). The molecular formula is C13H18O3. The van der Waals surface area contributed by atoms with Crippen LogP contribution in [0.2, 0.25) is 0 Å². The van der Waals surface area contributed by atoms with Gasteiger partial charge in [-0.05, 0) is 18.9 Å². The predicted octanol–water partition coefficient (Wildman–Crippen LogP) is 3.20. The van der Waals surface area contributed by atoms with E-state index in [2.05, 4.69) is 0 Å². The first-order valence-electron chi connectivity index (χ1n) is 5.56. The minimum Gasteiger partial charge on any atom is -0.297 e. The highest BCUT2D eigenvalue weighted by molar-refractivity contribution is 5.68. The van der Waals surface area contributed by atoms with Crippen LogP contribution in [0.15, 0.2) is 30.3 Å². The second-order valence-electron chi connectivity index (χ2n) is 3.84. The lowest BCUT2D eigenvalue weighted by atomic mass is 9.93. The van der Waals surface area contributed by atoms with Crippen LogP contribution in [0.25, 0.3) is 0 Å². The lowest BCUT2D eigenvalue weighted by Crippen LogP contribution is -2.26. The summed E-state index contributed by atoms with van der Waals surface area (Å²) >= 11 is 0. The second-order valence-corrected chi connectivity index (χ2v) is 3.84. The molecule has 0 heterocycles. The average Bonchev–Trinajstić information content (AvgIpc) is 2.36. The van der Waals surface area contributed by atoms with Crippen LogP contribution in [0.5, 0.6) is 0 Å². The van der Waals surface area contributed by atoms with Gasteiger partial charge in [-0.2, -0.15) is 4.89 Å². The van der Waals surface area contributed by atoms with Gasteiger partial charge in [0.15, 0.2) is 0 Å². The van der Waals surface area contributed by atoms with Crippen LogP contribution in [0.1, 0.15) is 39.2 Å². The van der Waals surface area contributed by atoms with E-state index >= 15 is 0 Å². The minimum atomic E-state index is -0.577. The Morgan fingerprint density at radius 3 is 2.38 bits per heavy atom. The fourth-order valence-electron chi connectivity index (χ4n) is 1.30. The van der Waals surface area contributed by atoms with Crippen molar-refractivity contribution in [1.82, 2.24) is 0 Å². The van der Waals surface area contributed by atoms with Crippen molar-refractivity contribution in [2.45, 2.75) is 39.2 Å². The maximum absolute atomic E-state index is 11.1. The summed E-state index contributed by atoms with van der Waals surface area (Å²) in [6.45, 7) is 5.63. The van der Waals surface area contributed by atoms with Gasteiger partial charge in [0, 0.05) is 6.42 Å². The molecule has 0 aliphatic rings. The van der Waals surface area contributed by atoms with Gasteiger partial charge in [-0.1, -0.05) is 44.2 Å². The fourth-order valence-corrected chi connectivity index (χ4v) is 1.30. The molecule has 0 aromatic heterocycles. The highest BCUT2D eigenvalue weighted by atomic mass is 17.2. The summed E-state index contributed by atoms with van der Waals surface area (Å²) in [6.07, 6.45) is 1.04. The van der Waals surface area contributed by atoms with Crippen molar-refractivity contribution in [2.75, 3.05) is 0 Å². The van der Waals surface area contributed by atoms with Crippen LogP contribution in [-0.2, 0) is 20.2 Å². The molecule has 88 valence electrons. The zero-order chi connectivity index (χ0) is 12.0. The molecule has 3 nitrogen and oxygen atoms in total. The molecule has 1 atom stereocenters. The molecule has 0 saturated carbocycles. The molecule has 0 aliphatic heterocycles. The van der Waals surface area contributed by atoms with Crippen molar-refractivity contribution < 1.29 is 14.6 Å². The van der Waals surface area contributed by atoms with Gasteiger partial charge in [-0.3, -0.25) is 4.89 Å². The van der Waals surface area contributed by atoms with E-state index in [-0.39, 0.29) is 5.97 Å². The maximum Gasteiger partial charge on any atom is 0.342 e. The molecule has 1 aromatic carbocycles. The van der Waals surface area contributed by atoms with Crippen LogP contribution in [-0.4, -0.2) is 5.97 Å². The first-order valence-corrected chi connectivity index (χ1v) is 5.56. The molecule has 0 bridgehead atoms. The first kappa shape index (κ1) is 12.7. The molecule has 1 unspecified atom stereocenters. The molecule has 0 amide bonds. The maximum atomic E-state index is 11.1. The van der Waals surface area contributed by atoms with Gasteiger partial charge in [0.25, 0.3) is 0 Å². The van der Waals surface area contributed by atoms with Crippen molar-refractivity contribution >= 4 is 5.97 Å². The van der Waals surface area contributed by atoms with Crippen molar-refractivity contribution in [3.63, 3.8) is 0 Å². The number of hydrogen-bond donors (Lipinski definition) is 0. The van der Waals surface area contributed by atoms with Crippen molar-refractivity contribution in [3.05, 3.63) is 35.9 Å². The van der Waals surface area contributed by atoms with E-state index in [1.807, 2.05) is 44.2 Å². The minimum absolute atomic E-state index is 0.314. The van der Waals surface area contributed by atoms with E-state index in [1.54, 1.807) is 6.92 Å². The van der Waals surface area contributed by atoms with Crippen LogP contribution in [0.4, 0.5) is 0 Å². The van der Waals surface area contributed by atoms with E-state index in [9.17, 15) is 4.79 Å². The van der Waals surface area contributed by atoms with Gasteiger partial charge < -0.3 is 0 Å². The van der Waals surface area contributed by atoms with Gasteiger partial charge >= 0.3 is 5.97 Å². The third-order valence-corrected chi connectivity index (χ3v) is 2.67. The van der Waals surface area contributed by atoms with Crippen LogP contribution < -0.4 is 0 Å². The fraction of sp³-hybridized carbons (Fsp3) is 0.462. The van der Waals surface area contributed by atoms with Gasteiger partial charge in [0.05, 0.1) is 0 Å². The zero-order valence-corrected chi connectivity index (χ0v) is 10.0. The Morgan fingerprint density at radius 1 is 1.25 bits per heavy atom. The molecule has 0 fully saturated rings. The Balaban J connectivity index is 2.74. The monoisotopic (exact) mass is 222 g/mol. The highest BCUT2D eigenvalue weighted by Gasteiger charge is 2.28. The van der Waals surface area contributed by atoms with Crippen molar-refractivity contribution in [2.24, 2.45) is 0 Å². The third kappa shape index (κ3) is 3.07. The predicted molar refractivity (Wildman–Crippen MR) is 61.6 cm³/mol. The first-order chi connectivity index (χ1) is 7.62. The van der Waals surface area contributed by atoms with E-state index in [0.717, 1.165) is 12.0 Å². The van der Waals surface area contributed by atoms with E-state index in [4.69, 9.17) is 9.78 Å². The molecule has 0 saturated heterocycles. The van der Waals surface area contributed by atoms with Crippen molar-refractivity contribution in [3.8, 4) is 0 Å². The normalized spacial score (nSPS) is 14.2. The lowest BCUT2D eigenvalue weighted by Gasteiger charge is -2.26. The van der Waals surface area contributed by atoms with Crippen LogP contribution >= 0.6 is 0 Å². The van der Waals surface area contributed by atoms with Gasteiger partial charge in [-0.25, -0.2) is 4.79 Å². The number of rotatable bonds is 5. The standard InChI is InChI=1S/C13H18O3/c1-4-12(14)15-16-13(3,5-2)11-9-7-6-8-10-11/h6-10H,4-5H2,1-3H3. The summed E-state index contributed by atoms with van der Waals surface area (Å²) in [5.41, 5.74) is 0.424. The third-order valence-electron chi connectivity index (χ3n) is 2.67.